The first-order valence-electron chi connectivity index (χ1n) is 10.3. The van der Waals surface area contributed by atoms with Gasteiger partial charge in [-0.1, -0.05) is 43.5 Å². The monoisotopic (exact) mass is 414 g/mol. The highest BCUT2D eigenvalue weighted by Gasteiger charge is 2.21. The molecule has 6 heteroatoms. The molecule has 0 radical (unpaired) electrons. The van der Waals surface area contributed by atoms with Crippen molar-refractivity contribution in [2.24, 2.45) is 0 Å². The summed E-state index contributed by atoms with van der Waals surface area (Å²) in [7, 11) is -3.49. The van der Waals surface area contributed by atoms with E-state index >= 15 is 0 Å². The normalized spacial score (nSPS) is 15.2. The molecule has 0 saturated heterocycles. The minimum Gasteiger partial charge on any atom is -0.326 e. The molecule has 3 rings (SSSR count). The van der Waals surface area contributed by atoms with Gasteiger partial charge in [0.1, 0.15) is 0 Å². The van der Waals surface area contributed by atoms with E-state index in [1.165, 1.54) is 6.42 Å². The Morgan fingerprint density at radius 3 is 2.38 bits per heavy atom. The summed E-state index contributed by atoms with van der Waals surface area (Å²) in [5, 5.41) is 2.96. The number of amides is 1. The van der Waals surface area contributed by atoms with Gasteiger partial charge in [0, 0.05) is 18.2 Å². The van der Waals surface area contributed by atoms with Crippen LogP contribution in [0.2, 0.25) is 0 Å². The van der Waals surface area contributed by atoms with E-state index in [0.29, 0.717) is 12.8 Å². The van der Waals surface area contributed by atoms with Gasteiger partial charge >= 0.3 is 0 Å². The second-order valence-corrected chi connectivity index (χ2v) is 9.61. The van der Waals surface area contributed by atoms with Crippen LogP contribution in [0.25, 0.3) is 0 Å². The Morgan fingerprint density at radius 1 is 1.00 bits per heavy atom. The smallest absolute Gasteiger partial charge is 0.240 e. The van der Waals surface area contributed by atoms with Crippen LogP contribution in [-0.2, 0) is 21.2 Å². The Kier molecular flexibility index (Phi) is 7.09. The number of hydrogen-bond acceptors (Lipinski definition) is 3. The lowest BCUT2D eigenvalue weighted by molar-refractivity contribution is -0.116. The molecule has 0 aromatic heterocycles. The van der Waals surface area contributed by atoms with Gasteiger partial charge < -0.3 is 5.32 Å². The minimum atomic E-state index is -3.49. The van der Waals surface area contributed by atoms with Crippen molar-refractivity contribution in [1.29, 1.82) is 0 Å². The number of sulfonamides is 1. The van der Waals surface area contributed by atoms with E-state index in [0.717, 1.165) is 48.1 Å². The first-order valence-corrected chi connectivity index (χ1v) is 11.8. The third-order valence-electron chi connectivity index (χ3n) is 5.68. The number of hydrogen-bond donors (Lipinski definition) is 2. The molecule has 1 saturated carbocycles. The molecular formula is C23H30N2O3S. The summed E-state index contributed by atoms with van der Waals surface area (Å²) in [6, 6.07) is 12.7. The third-order valence-corrected chi connectivity index (χ3v) is 7.22. The summed E-state index contributed by atoms with van der Waals surface area (Å²) in [5.41, 5.74) is 3.99. The molecule has 0 spiro atoms. The van der Waals surface area contributed by atoms with Gasteiger partial charge in [0.25, 0.3) is 0 Å². The molecule has 5 nitrogen and oxygen atoms in total. The van der Waals surface area contributed by atoms with Crippen molar-refractivity contribution in [3.05, 3.63) is 59.2 Å². The molecule has 2 aromatic carbocycles. The largest absolute Gasteiger partial charge is 0.326 e. The summed E-state index contributed by atoms with van der Waals surface area (Å²) < 4.78 is 28.0. The van der Waals surface area contributed by atoms with Gasteiger partial charge in [-0.3, -0.25) is 4.79 Å². The number of benzene rings is 2. The number of rotatable bonds is 7. The number of carbonyl (C=O) groups excluding carboxylic acids is 1. The van der Waals surface area contributed by atoms with Crippen LogP contribution in [0, 0.1) is 13.8 Å². The Balaban J connectivity index is 1.54. The molecule has 29 heavy (non-hydrogen) atoms. The lowest BCUT2D eigenvalue weighted by Crippen LogP contribution is -2.36. The van der Waals surface area contributed by atoms with Gasteiger partial charge in [0.2, 0.25) is 15.9 Å². The van der Waals surface area contributed by atoms with Crippen molar-refractivity contribution in [3.8, 4) is 0 Å². The molecule has 2 aromatic rings. The molecule has 0 atom stereocenters. The standard InChI is InChI=1S/C23H30N2O3S/c1-17-7-6-10-22(18(17)2)24-23(26)16-13-19-11-14-21(15-12-19)29(27,28)25-20-8-4-3-5-9-20/h6-7,10-12,14-15,20,25H,3-5,8-9,13,16H2,1-2H3,(H,24,26). The maximum absolute atomic E-state index is 12.6. The van der Waals surface area contributed by atoms with Crippen molar-refractivity contribution in [1.82, 2.24) is 4.72 Å². The summed E-state index contributed by atoms with van der Waals surface area (Å²) >= 11 is 0. The molecule has 0 heterocycles. The Labute approximate surface area is 174 Å². The summed E-state index contributed by atoms with van der Waals surface area (Å²) in [4.78, 5) is 12.6. The van der Waals surface area contributed by atoms with Gasteiger partial charge in [-0.25, -0.2) is 13.1 Å². The summed E-state index contributed by atoms with van der Waals surface area (Å²) in [6.07, 6.45) is 6.07. The molecule has 1 aliphatic rings. The Bertz CT molecular complexity index is 947. The fourth-order valence-corrected chi connectivity index (χ4v) is 5.01. The first kappa shape index (κ1) is 21.5. The number of nitrogens with one attached hydrogen (secondary N) is 2. The molecule has 0 unspecified atom stereocenters. The number of carbonyl (C=O) groups is 1. The molecule has 0 bridgehead atoms. The van der Waals surface area contributed by atoms with Gasteiger partial charge in [-0.15, -0.1) is 0 Å². The Hall–Kier alpha value is -2.18. The fraction of sp³-hybridized carbons (Fsp3) is 0.435. The van der Waals surface area contributed by atoms with Gasteiger partial charge in [-0.2, -0.15) is 0 Å². The fourth-order valence-electron chi connectivity index (χ4n) is 3.70. The minimum absolute atomic E-state index is 0.0437. The van der Waals surface area contributed by atoms with E-state index in [-0.39, 0.29) is 16.8 Å². The molecule has 156 valence electrons. The topological polar surface area (TPSA) is 75.3 Å². The van der Waals surface area contributed by atoms with Gasteiger partial charge in [0.15, 0.2) is 0 Å². The highest BCUT2D eigenvalue weighted by molar-refractivity contribution is 7.89. The van der Waals surface area contributed by atoms with E-state index in [1.807, 2.05) is 32.0 Å². The quantitative estimate of drug-likeness (QED) is 0.701. The molecule has 1 fully saturated rings. The highest BCUT2D eigenvalue weighted by atomic mass is 32.2. The molecule has 2 N–H and O–H groups in total. The highest BCUT2D eigenvalue weighted by Crippen LogP contribution is 2.21. The van der Waals surface area contributed by atoms with Crippen LogP contribution in [0.3, 0.4) is 0 Å². The summed E-state index contributed by atoms with van der Waals surface area (Å²) in [6.45, 7) is 4.01. The Morgan fingerprint density at radius 2 is 1.69 bits per heavy atom. The molecule has 0 aliphatic heterocycles. The van der Waals surface area contributed by atoms with Crippen molar-refractivity contribution in [2.45, 2.75) is 69.7 Å². The first-order chi connectivity index (χ1) is 13.8. The van der Waals surface area contributed by atoms with E-state index in [2.05, 4.69) is 10.0 Å². The van der Waals surface area contributed by atoms with Crippen LogP contribution in [0.1, 0.15) is 55.2 Å². The molecular weight excluding hydrogens is 384 g/mol. The van der Waals surface area contributed by atoms with Gasteiger partial charge in [-0.05, 0) is 68.0 Å². The average molecular weight is 415 g/mol. The zero-order chi connectivity index (χ0) is 20.9. The summed E-state index contributed by atoms with van der Waals surface area (Å²) in [5.74, 6) is -0.0469. The lowest BCUT2D eigenvalue weighted by atomic mass is 9.96. The second kappa shape index (κ2) is 9.55. The third kappa shape index (κ3) is 5.90. The van der Waals surface area contributed by atoms with Crippen LogP contribution in [0.5, 0.6) is 0 Å². The van der Waals surface area contributed by atoms with Crippen molar-refractivity contribution in [3.63, 3.8) is 0 Å². The van der Waals surface area contributed by atoms with E-state index in [4.69, 9.17) is 0 Å². The number of aryl methyl sites for hydroxylation is 2. The van der Waals surface area contributed by atoms with Crippen LogP contribution < -0.4 is 10.0 Å². The molecule has 1 amide bonds. The van der Waals surface area contributed by atoms with Gasteiger partial charge in [0.05, 0.1) is 4.90 Å². The maximum Gasteiger partial charge on any atom is 0.240 e. The maximum atomic E-state index is 12.6. The molecule has 1 aliphatic carbocycles. The number of anilines is 1. The van der Waals surface area contributed by atoms with E-state index in [9.17, 15) is 13.2 Å². The van der Waals surface area contributed by atoms with Crippen LogP contribution >= 0.6 is 0 Å². The van der Waals surface area contributed by atoms with Crippen LogP contribution in [-0.4, -0.2) is 20.4 Å². The predicted octanol–water partition coefficient (Wildman–Crippen LogP) is 4.49. The average Bonchev–Trinajstić information content (AvgIpc) is 2.71. The van der Waals surface area contributed by atoms with Crippen LogP contribution in [0.15, 0.2) is 47.4 Å². The van der Waals surface area contributed by atoms with E-state index in [1.54, 1.807) is 24.3 Å². The van der Waals surface area contributed by atoms with Crippen molar-refractivity contribution >= 4 is 21.6 Å². The SMILES string of the molecule is Cc1cccc(NC(=O)CCc2ccc(S(=O)(=O)NC3CCCCC3)cc2)c1C. The second-order valence-electron chi connectivity index (χ2n) is 7.90. The lowest BCUT2D eigenvalue weighted by Gasteiger charge is -2.22. The van der Waals surface area contributed by atoms with Crippen molar-refractivity contribution in [2.75, 3.05) is 5.32 Å². The van der Waals surface area contributed by atoms with E-state index < -0.39 is 10.0 Å². The van der Waals surface area contributed by atoms with Crippen LogP contribution in [0.4, 0.5) is 5.69 Å². The van der Waals surface area contributed by atoms with Crippen molar-refractivity contribution < 1.29 is 13.2 Å². The predicted molar refractivity (Wildman–Crippen MR) is 117 cm³/mol. The zero-order valence-corrected chi connectivity index (χ0v) is 18.0. The zero-order valence-electron chi connectivity index (χ0n) is 17.2.